The maximum Gasteiger partial charge on any atom is 0.251 e. The zero-order chi connectivity index (χ0) is 17.9. The number of nitrogens with one attached hydrogen (secondary N) is 3. The third-order valence-corrected chi connectivity index (χ3v) is 5.17. The van der Waals surface area contributed by atoms with E-state index >= 15 is 0 Å². The van der Waals surface area contributed by atoms with Crippen molar-refractivity contribution in [2.24, 2.45) is 0 Å². The molecule has 2 aromatic carbocycles. The summed E-state index contributed by atoms with van der Waals surface area (Å²) in [4.78, 5) is 17.8. The Balaban J connectivity index is 1.63. The fourth-order valence-corrected chi connectivity index (χ4v) is 3.80. The summed E-state index contributed by atoms with van der Waals surface area (Å²) in [6.45, 7) is 3.75. The van der Waals surface area contributed by atoms with Crippen LogP contribution in [0.4, 0.5) is 0 Å². The molecule has 1 aromatic heterocycles. The van der Waals surface area contributed by atoms with E-state index in [4.69, 9.17) is 0 Å². The van der Waals surface area contributed by atoms with Crippen LogP contribution >= 0.6 is 0 Å². The maximum atomic E-state index is 12.0. The van der Waals surface area contributed by atoms with Crippen molar-refractivity contribution >= 4 is 16.8 Å². The van der Waals surface area contributed by atoms with Crippen molar-refractivity contribution in [3.63, 3.8) is 0 Å². The van der Waals surface area contributed by atoms with E-state index in [-0.39, 0.29) is 11.9 Å². The summed E-state index contributed by atoms with van der Waals surface area (Å²) >= 11 is 0. The van der Waals surface area contributed by atoms with Gasteiger partial charge < -0.3 is 15.6 Å². The highest BCUT2D eigenvalue weighted by atomic mass is 16.1. The Kier molecular flexibility index (Phi) is 4.73. The Morgan fingerprint density at radius 3 is 3.00 bits per heavy atom. The van der Waals surface area contributed by atoms with Crippen molar-refractivity contribution in [2.45, 2.75) is 12.6 Å². The van der Waals surface area contributed by atoms with E-state index < -0.39 is 0 Å². The minimum Gasteiger partial charge on any atom is -0.361 e. The molecule has 4 rings (SSSR count). The van der Waals surface area contributed by atoms with Gasteiger partial charge in [-0.3, -0.25) is 9.69 Å². The summed E-state index contributed by atoms with van der Waals surface area (Å²) in [6.07, 6.45) is 2.00. The minimum atomic E-state index is -0.0424. The highest BCUT2D eigenvalue weighted by molar-refractivity contribution is 5.94. The van der Waals surface area contributed by atoms with Crippen LogP contribution in [0.3, 0.4) is 0 Å². The zero-order valence-electron chi connectivity index (χ0n) is 15.0. The standard InChI is InChI=1S/C21H24N4O/c1-22-21(26)16-5-2-4-15(12-16)20-13-23-10-11-25(20)14-17-6-3-7-19-18(17)8-9-24-19/h2-9,12,20,23-24H,10-11,13-14H2,1H3,(H,22,26). The highest BCUT2D eigenvalue weighted by Gasteiger charge is 2.25. The normalized spacial score (nSPS) is 18.1. The van der Waals surface area contributed by atoms with Gasteiger partial charge in [0.2, 0.25) is 0 Å². The van der Waals surface area contributed by atoms with Crippen LogP contribution in [0.15, 0.2) is 54.7 Å². The number of hydrogen-bond donors (Lipinski definition) is 3. The lowest BCUT2D eigenvalue weighted by Gasteiger charge is -2.37. The first-order chi connectivity index (χ1) is 12.8. The minimum absolute atomic E-state index is 0.0424. The number of carbonyl (C=O) groups excluding carboxylic acids is 1. The second kappa shape index (κ2) is 7.32. The number of rotatable bonds is 4. The van der Waals surface area contributed by atoms with Gasteiger partial charge in [0, 0.05) is 61.9 Å². The first-order valence-electron chi connectivity index (χ1n) is 9.08. The highest BCUT2D eigenvalue weighted by Crippen LogP contribution is 2.27. The maximum absolute atomic E-state index is 12.0. The van der Waals surface area contributed by atoms with Gasteiger partial charge in [0.05, 0.1) is 0 Å². The Labute approximate surface area is 153 Å². The molecule has 0 spiro atoms. The number of H-pyrrole nitrogens is 1. The smallest absolute Gasteiger partial charge is 0.251 e. The van der Waals surface area contributed by atoms with E-state index in [9.17, 15) is 4.79 Å². The third-order valence-electron chi connectivity index (χ3n) is 5.17. The number of carbonyl (C=O) groups is 1. The van der Waals surface area contributed by atoms with E-state index in [0.29, 0.717) is 5.56 Å². The Hall–Kier alpha value is -2.63. The van der Waals surface area contributed by atoms with Crippen LogP contribution in [0.5, 0.6) is 0 Å². The molecule has 0 aliphatic carbocycles. The van der Waals surface area contributed by atoms with Gasteiger partial charge in [0.1, 0.15) is 0 Å². The molecule has 26 heavy (non-hydrogen) atoms. The fourth-order valence-electron chi connectivity index (χ4n) is 3.80. The van der Waals surface area contributed by atoms with Crippen LogP contribution in [0, 0.1) is 0 Å². The van der Waals surface area contributed by atoms with Crippen molar-refractivity contribution in [1.29, 1.82) is 0 Å². The summed E-state index contributed by atoms with van der Waals surface area (Å²) in [7, 11) is 1.67. The molecule has 5 heteroatoms. The molecule has 3 N–H and O–H groups in total. The van der Waals surface area contributed by atoms with E-state index in [2.05, 4.69) is 50.8 Å². The fraction of sp³-hybridized carbons (Fsp3) is 0.286. The van der Waals surface area contributed by atoms with Gasteiger partial charge in [-0.15, -0.1) is 0 Å². The number of aromatic amines is 1. The molecule has 1 fully saturated rings. The quantitative estimate of drug-likeness (QED) is 0.679. The molecule has 5 nitrogen and oxygen atoms in total. The molecule has 3 aromatic rings. The molecule has 1 unspecified atom stereocenters. The lowest BCUT2D eigenvalue weighted by Crippen LogP contribution is -2.45. The monoisotopic (exact) mass is 348 g/mol. The van der Waals surface area contributed by atoms with Crippen LogP contribution in [-0.4, -0.2) is 42.5 Å². The molecular formula is C21H24N4O. The molecule has 0 bridgehead atoms. The molecule has 0 radical (unpaired) electrons. The van der Waals surface area contributed by atoms with Crippen molar-refractivity contribution in [1.82, 2.24) is 20.5 Å². The number of aromatic nitrogens is 1. The van der Waals surface area contributed by atoms with Gasteiger partial charge in [-0.1, -0.05) is 24.3 Å². The van der Waals surface area contributed by atoms with Gasteiger partial charge in [0.25, 0.3) is 5.91 Å². The van der Waals surface area contributed by atoms with Gasteiger partial charge in [-0.05, 0) is 35.4 Å². The molecule has 1 amide bonds. The first-order valence-corrected chi connectivity index (χ1v) is 9.08. The molecule has 0 saturated carbocycles. The van der Waals surface area contributed by atoms with E-state index in [1.807, 2.05) is 24.4 Å². The summed E-state index contributed by atoms with van der Waals surface area (Å²) < 4.78 is 0. The Morgan fingerprint density at radius 2 is 2.12 bits per heavy atom. The number of nitrogens with zero attached hydrogens (tertiary/aromatic N) is 1. The summed E-state index contributed by atoms with van der Waals surface area (Å²) in [5, 5.41) is 7.48. The summed E-state index contributed by atoms with van der Waals surface area (Å²) in [6, 6.07) is 16.8. The molecular weight excluding hydrogens is 324 g/mol. The zero-order valence-corrected chi connectivity index (χ0v) is 15.0. The lowest BCUT2D eigenvalue weighted by atomic mass is 9.99. The van der Waals surface area contributed by atoms with E-state index in [1.54, 1.807) is 7.05 Å². The summed E-state index contributed by atoms with van der Waals surface area (Å²) in [5.74, 6) is -0.0424. The van der Waals surface area contributed by atoms with Gasteiger partial charge in [0.15, 0.2) is 0 Å². The van der Waals surface area contributed by atoms with Gasteiger partial charge in [-0.2, -0.15) is 0 Å². The van der Waals surface area contributed by atoms with Crippen LogP contribution in [0.1, 0.15) is 27.5 Å². The Bertz CT molecular complexity index is 917. The van der Waals surface area contributed by atoms with E-state index in [1.165, 1.54) is 22.0 Å². The Morgan fingerprint density at radius 1 is 1.23 bits per heavy atom. The molecule has 2 heterocycles. The lowest BCUT2D eigenvalue weighted by molar-refractivity contribution is 0.0962. The van der Waals surface area contributed by atoms with Crippen LogP contribution < -0.4 is 10.6 Å². The van der Waals surface area contributed by atoms with E-state index in [0.717, 1.165) is 26.2 Å². The SMILES string of the molecule is CNC(=O)c1cccc(C2CNCCN2Cc2cccc3[nH]ccc23)c1. The molecule has 1 aliphatic heterocycles. The van der Waals surface area contributed by atoms with Crippen molar-refractivity contribution in [3.05, 3.63) is 71.4 Å². The number of benzene rings is 2. The predicted octanol–water partition coefficient (Wildman–Crippen LogP) is 2.67. The van der Waals surface area contributed by atoms with Crippen molar-refractivity contribution < 1.29 is 4.79 Å². The predicted molar refractivity (Wildman–Crippen MR) is 104 cm³/mol. The number of piperazine rings is 1. The second-order valence-corrected chi connectivity index (χ2v) is 6.75. The van der Waals surface area contributed by atoms with Gasteiger partial charge in [-0.25, -0.2) is 0 Å². The number of hydrogen-bond acceptors (Lipinski definition) is 3. The first kappa shape index (κ1) is 16.8. The molecule has 1 atom stereocenters. The largest absolute Gasteiger partial charge is 0.361 e. The average molecular weight is 348 g/mol. The number of fused-ring (bicyclic) bond motifs is 1. The number of amides is 1. The molecule has 1 aliphatic rings. The van der Waals surface area contributed by atoms with Crippen molar-refractivity contribution in [2.75, 3.05) is 26.7 Å². The topological polar surface area (TPSA) is 60.2 Å². The molecule has 134 valence electrons. The molecule has 1 saturated heterocycles. The van der Waals surface area contributed by atoms with Crippen molar-refractivity contribution in [3.8, 4) is 0 Å². The second-order valence-electron chi connectivity index (χ2n) is 6.75. The van der Waals surface area contributed by atoms with Crippen LogP contribution in [-0.2, 0) is 6.54 Å². The van der Waals surface area contributed by atoms with Gasteiger partial charge >= 0.3 is 0 Å². The van der Waals surface area contributed by atoms with Crippen LogP contribution in [0.2, 0.25) is 0 Å². The third kappa shape index (κ3) is 3.23. The summed E-state index contributed by atoms with van der Waals surface area (Å²) in [5.41, 5.74) is 4.40. The van der Waals surface area contributed by atoms with Crippen LogP contribution in [0.25, 0.3) is 10.9 Å². The average Bonchev–Trinajstić information content (AvgIpc) is 3.18.